The number of nitrogens with zero attached hydrogens (tertiary/aromatic N) is 1. The molecule has 0 fully saturated rings. The molecule has 2 N–H and O–H groups in total. The normalized spacial score (nSPS) is 10.0. The van der Waals surface area contributed by atoms with Gasteiger partial charge in [-0.1, -0.05) is 0 Å². The van der Waals surface area contributed by atoms with Gasteiger partial charge < -0.3 is 10.5 Å². The van der Waals surface area contributed by atoms with Crippen LogP contribution in [0.25, 0.3) is 0 Å². The number of ether oxygens (including phenoxy) is 1. The number of carbonyl (C=O) groups excluding carboxylic acids is 1. The van der Waals surface area contributed by atoms with E-state index in [-0.39, 0.29) is 5.57 Å². The van der Waals surface area contributed by atoms with Crippen LogP contribution in [0.1, 0.15) is 0 Å². The molecule has 0 aromatic rings. The van der Waals surface area contributed by atoms with Crippen molar-refractivity contribution in [2.24, 2.45) is 5.73 Å². The largest absolute Gasteiger partial charge is 0.503 e. The summed E-state index contributed by atoms with van der Waals surface area (Å²) in [7, 11) is 1.33. The van der Waals surface area contributed by atoms with Crippen molar-refractivity contribution in [3.05, 3.63) is 11.8 Å². The minimum Gasteiger partial charge on any atom is -0.503 e. The molecular formula is C5H6N2O2. The Bertz CT molecular complexity index is 178. The third kappa shape index (κ3) is 2.34. The highest BCUT2D eigenvalue weighted by Crippen LogP contribution is 1.88. The van der Waals surface area contributed by atoms with Crippen LogP contribution in [0.2, 0.25) is 0 Å². The Kier molecular flexibility index (Phi) is 2.91. The summed E-state index contributed by atoms with van der Waals surface area (Å²) < 4.78 is 4.37. The molecule has 0 aliphatic carbocycles. The summed E-state index contributed by atoms with van der Waals surface area (Å²) in [6.07, 6.45) is 1.00. The van der Waals surface area contributed by atoms with Gasteiger partial charge in [0, 0.05) is 0 Å². The number of nitrogens with two attached hydrogens (primary N) is 1. The molecule has 0 aliphatic heterocycles. The third-order valence-corrected chi connectivity index (χ3v) is 0.622. The minimum absolute atomic E-state index is 0.183. The monoisotopic (exact) mass is 126 g/mol. The number of primary amides is 1. The van der Waals surface area contributed by atoms with E-state index in [0.717, 1.165) is 6.26 Å². The van der Waals surface area contributed by atoms with Gasteiger partial charge in [-0.3, -0.25) is 4.79 Å². The zero-order valence-corrected chi connectivity index (χ0v) is 4.92. The maximum absolute atomic E-state index is 10.2. The van der Waals surface area contributed by atoms with Crippen LogP contribution in [0.3, 0.4) is 0 Å². The van der Waals surface area contributed by atoms with Crippen molar-refractivity contribution >= 4 is 5.91 Å². The third-order valence-electron chi connectivity index (χ3n) is 0.622. The summed E-state index contributed by atoms with van der Waals surface area (Å²) in [6.45, 7) is 0. The molecule has 0 unspecified atom stereocenters. The van der Waals surface area contributed by atoms with Crippen LogP contribution in [0.5, 0.6) is 0 Å². The smallest absolute Gasteiger partial charge is 0.262 e. The number of nitriles is 1. The molecular weight excluding hydrogens is 120 g/mol. The lowest BCUT2D eigenvalue weighted by atomic mass is 10.3. The highest BCUT2D eigenvalue weighted by Gasteiger charge is 2.00. The molecule has 0 heterocycles. The molecule has 0 aromatic carbocycles. The Labute approximate surface area is 52.5 Å². The van der Waals surface area contributed by atoms with Gasteiger partial charge in [-0.2, -0.15) is 5.26 Å². The molecule has 4 heteroatoms. The number of amides is 1. The van der Waals surface area contributed by atoms with Crippen LogP contribution < -0.4 is 5.73 Å². The van der Waals surface area contributed by atoms with Crippen molar-refractivity contribution in [2.75, 3.05) is 7.11 Å². The van der Waals surface area contributed by atoms with Crippen molar-refractivity contribution in [1.29, 1.82) is 5.26 Å². The number of hydrogen-bond donors (Lipinski definition) is 1. The van der Waals surface area contributed by atoms with Gasteiger partial charge in [0.15, 0.2) is 5.57 Å². The maximum Gasteiger partial charge on any atom is 0.262 e. The average Bonchev–Trinajstić information content (AvgIpc) is 1.82. The Morgan fingerprint density at radius 3 is 2.56 bits per heavy atom. The van der Waals surface area contributed by atoms with E-state index in [0.29, 0.717) is 0 Å². The van der Waals surface area contributed by atoms with Gasteiger partial charge >= 0.3 is 0 Å². The van der Waals surface area contributed by atoms with Crippen molar-refractivity contribution in [1.82, 2.24) is 0 Å². The summed E-state index contributed by atoms with van der Waals surface area (Å²) in [6, 6.07) is 1.56. The molecule has 0 rings (SSSR count). The molecule has 0 bridgehead atoms. The van der Waals surface area contributed by atoms with E-state index in [2.05, 4.69) is 4.74 Å². The zero-order chi connectivity index (χ0) is 7.28. The molecule has 0 spiro atoms. The lowest BCUT2D eigenvalue weighted by molar-refractivity contribution is -0.114. The van der Waals surface area contributed by atoms with Gasteiger partial charge in [0.1, 0.15) is 12.3 Å². The second-order valence-corrected chi connectivity index (χ2v) is 1.24. The van der Waals surface area contributed by atoms with E-state index in [9.17, 15) is 4.79 Å². The zero-order valence-electron chi connectivity index (χ0n) is 4.92. The maximum atomic E-state index is 10.2. The van der Waals surface area contributed by atoms with E-state index < -0.39 is 5.91 Å². The first kappa shape index (κ1) is 7.50. The van der Waals surface area contributed by atoms with E-state index in [1.807, 2.05) is 0 Å². The molecule has 0 saturated heterocycles. The second-order valence-electron chi connectivity index (χ2n) is 1.24. The molecule has 48 valence electrons. The van der Waals surface area contributed by atoms with Gasteiger partial charge in [0.2, 0.25) is 0 Å². The Hall–Kier alpha value is -1.50. The molecule has 0 aliphatic rings. The quantitative estimate of drug-likeness (QED) is 0.308. The number of hydrogen-bond acceptors (Lipinski definition) is 3. The van der Waals surface area contributed by atoms with Gasteiger partial charge in [-0.15, -0.1) is 0 Å². The summed E-state index contributed by atoms with van der Waals surface area (Å²) >= 11 is 0. The fourth-order valence-corrected chi connectivity index (χ4v) is 0.257. The van der Waals surface area contributed by atoms with Gasteiger partial charge in [-0.05, 0) is 0 Å². The lowest BCUT2D eigenvalue weighted by Gasteiger charge is -1.88. The van der Waals surface area contributed by atoms with E-state index in [4.69, 9.17) is 11.0 Å². The second kappa shape index (κ2) is 3.50. The van der Waals surface area contributed by atoms with Gasteiger partial charge in [-0.25, -0.2) is 0 Å². The van der Waals surface area contributed by atoms with Gasteiger partial charge in [0.05, 0.1) is 7.11 Å². The molecule has 1 amide bonds. The number of methoxy groups -OCH3 is 1. The van der Waals surface area contributed by atoms with Crippen molar-refractivity contribution in [3.63, 3.8) is 0 Å². The molecule has 0 saturated carbocycles. The Morgan fingerprint density at radius 2 is 2.44 bits per heavy atom. The average molecular weight is 126 g/mol. The van der Waals surface area contributed by atoms with Crippen LogP contribution in [0.4, 0.5) is 0 Å². The first-order valence-electron chi connectivity index (χ1n) is 2.15. The van der Waals surface area contributed by atoms with Crippen LogP contribution in [0.15, 0.2) is 11.8 Å². The van der Waals surface area contributed by atoms with Crippen molar-refractivity contribution in [3.8, 4) is 6.07 Å². The predicted octanol–water partition coefficient (Wildman–Crippen LogP) is -0.474. The lowest BCUT2D eigenvalue weighted by Crippen LogP contribution is -2.12. The van der Waals surface area contributed by atoms with Crippen LogP contribution in [-0.2, 0) is 9.53 Å². The first-order valence-corrected chi connectivity index (χ1v) is 2.15. The molecule has 4 nitrogen and oxygen atoms in total. The molecule has 0 atom stereocenters. The Morgan fingerprint density at radius 1 is 1.89 bits per heavy atom. The fraction of sp³-hybridized carbons (Fsp3) is 0.200. The summed E-state index contributed by atoms with van der Waals surface area (Å²) in [5.74, 6) is -0.778. The van der Waals surface area contributed by atoms with Crippen molar-refractivity contribution in [2.45, 2.75) is 0 Å². The summed E-state index contributed by atoms with van der Waals surface area (Å²) in [4.78, 5) is 10.2. The van der Waals surface area contributed by atoms with Crippen LogP contribution >= 0.6 is 0 Å². The highest BCUT2D eigenvalue weighted by atomic mass is 16.5. The number of carbonyl (C=O) groups is 1. The van der Waals surface area contributed by atoms with Crippen LogP contribution in [0, 0.1) is 11.3 Å². The fourth-order valence-electron chi connectivity index (χ4n) is 0.257. The molecule has 0 aromatic heterocycles. The molecule has 9 heavy (non-hydrogen) atoms. The molecule has 0 radical (unpaired) electrons. The summed E-state index contributed by atoms with van der Waals surface area (Å²) in [5.41, 5.74) is 4.54. The number of rotatable bonds is 2. The van der Waals surface area contributed by atoms with E-state index in [1.54, 1.807) is 6.07 Å². The van der Waals surface area contributed by atoms with Crippen molar-refractivity contribution < 1.29 is 9.53 Å². The topological polar surface area (TPSA) is 76.1 Å². The highest BCUT2D eigenvalue weighted by molar-refractivity contribution is 5.95. The first-order chi connectivity index (χ1) is 4.22. The van der Waals surface area contributed by atoms with E-state index in [1.165, 1.54) is 7.11 Å². The van der Waals surface area contributed by atoms with Crippen LogP contribution in [-0.4, -0.2) is 13.0 Å². The minimum atomic E-state index is -0.778. The van der Waals surface area contributed by atoms with Gasteiger partial charge in [0.25, 0.3) is 5.91 Å². The standard InChI is InChI=1S/C5H6N2O2/c1-9-3-4(2-6)5(7)8/h3H,1H3,(H2,7,8). The SMILES string of the molecule is COC=C(C#N)C(N)=O. The van der Waals surface area contributed by atoms with E-state index >= 15 is 0 Å². The Balaban J connectivity index is 4.20. The predicted molar refractivity (Wildman–Crippen MR) is 29.9 cm³/mol. The summed E-state index contributed by atoms with van der Waals surface area (Å²) in [5, 5.41) is 8.13.